The van der Waals surface area contributed by atoms with Crippen molar-refractivity contribution in [3.63, 3.8) is 0 Å². The number of ether oxygens (including phenoxy) is 1. The Balaban J connectivity index is 2.37. The average molecular weight is 280 g/mol. The first-order valence-electron chi connectivity index (χ1n) is 7.02. The molecule has 2 aromatic rings. The zero-order valence-corrected chi connectivity index (χ0v) is 12.9. The van der Waals surface area contributed by atoms with Crippen LogP contribution in [0.3, 0.4) is 0 Å². The van der Waals surface area contributed by atoms with E-state index in [-0.39, 0.29) is 5.92 Å². The van der Waals surface area contributed by atoms with Crippen LogP contribution in [0.25, 0.3) is 11.1 Å². The van der Waals surface area contributed by atoms with Crippen molar-refractivity contribution in [2.45, 2.75) is 26.2 Å². The summed E-state index contributed by atoms with van der Waals surface area (Å²) < 4.78 is 5.20. The molecule has 21 heavy (non-hydrogen) atoms. The van der Waals surface area contributed by atoms with Crippen molar-refractivity contribution >= 4 is 0 Å². The Morgan fingerprint density at radius 3 is 2.33 bits per heavy atom. The second-order valence-electron chi connectivity index (χ2n) is 5.66. The molecule has 108 valence electrons. The van der Waals surface area contributed by atoms with E-state index >= 15 is 0 Å². The highest BCUT2D eigenvalue weighted by atomic mass is 16.5. The first kappa shape index (κ1) is 15.1. The molecule has 0 saturated carbocycles. The third-order valence-electron chi connectivity index (χ3n) is 4.15. The highest BCUT2D eigenvalue weighted by Gasteiger charge is 2.30. The van der Waals surface area contributed by atoms with E-state index in [1.54, 1.807) is 13.3 Å². The summed E-state index contributed by atoms with van der Waals surface area (Å²) in [7, 11) is 1.63. The first-order valence-corrected chi connectivity index (χ1v) is 7.02. The summed E-state index contributed by atoms with van der Waals surface area (Å²) in [6, 6.07) is 12.5. The Hall–Kier alpha value is -2.34. The lowest BCUT2D eigenvalue weighted by Gasteiger charge is -2.26. The van der Waals surface area contributed by atoms with Gasteiger partial charge in [0, 0.05) is 11.8 Å². The molecule has 2 rings (SSSR count). The van der Waals surface area contributed by atoms with Gasteiger partial charge in [-0.15, -0.1) is 0 Å². The number of aromatic nitrogens is 1. The molecular weight excluding hydrogens is 260 g/mol. The van der Waals surface area contributed by atoms with Crippen LogP contribution in [0.1, 0.15) is 26.3 Å². The molecular formula is C18H20N2O. The van der Waals surface area contributed by atoms with Crippen molar-refractivity contribution in [2.75, 3.05) is 7.11 Å². The third-order valence-corrected chi connectivity index (χ3v) is 4.15. The summed E-state index contributed by atoms with van der Waals surface area (Å²) >= 11 is 0. The molecule has 0 amide bonds. The van der Waals surface area contributed by atoms with Crippen LogP contribution >= 0.6 is 0 Å². The summed E-state index contributed by atoms with van der Waals surface area (Å²) in [5.74, 6) is 0.993. The smallest absolute Gasteiger partial charge is 0.137 e. The number of nitrogens with zero attached hydrogens (tertiary/aromatic N) is 2. The van der Waals surface area contributed by atoms with E-state index in [9.17, 15) is 5.26 Å². The largest absolute Gasteiger partial charge is 0.495 e. The summed E-state index contributed by atoms with van der Waals surface area (Å²) in [5, 5.41) is 9.49. The number of nitriles is 1. The molecule has 3 heteroatoms. The SMILES string of the molecule is COc1cncc(-c2ccc([C@@](C)(C#N)C(C)C)cc2)c1. The lowest BCUT2D eigenvalue weighted by atomic mass is 9.74. The van der Waals surface area contributed by atoms with Crippen LogP contribution in [-0.2, 0) is 5.41 Å². The summed E-state index contributed by atoms with van der Waals surface area (Å²) in [5.41, 5.74) is 2.64. The topological polar surface area (TPSA) is 45.9 Å². The van der Waals surface area contributed by atoms with Crippen LogP contribution in [0.2, 0.25) is 0 Å². The molecule has 0 unspecified atom stereocenters. The number of methoxy groups -OCH3 is 1. The maximum Gasteiger partial charge on any atom is 0.137 e. The molecule has 0 fully saturated rings. The van der Waals surface area contributed by atoms with Gasteiger partial charge in [0.25, 0.3) is 0 Å². The maximum atomic E-state index is 9.49. The quantitative estimate of drug-likeness (QED) is 0.843. The van der Waals surface area contributed by atoms with Gasteiger partial charge in [0.15, 0.2) is 0 Å². The first-order chi connectivity index (χ1) is 10.0. The minimum absolute atomic E-state index is 0.256. The molecule has 0 bridgehead atoms. The highest BCUT2D eigenvalue weighted by molar-refractivity contribution is 5.64. The van der Waals surface area contributed by atoms with Crippen molar-refractivity contribution in [1.82, 2.24) is 4.98 Å². The van der Waals surface area contributed by atoms with E-state index in [2.05, 4.69) is 24.9 Å². The maximum absolute atomic E-state index is 9.49. The zero-order valence-electron chi connectivity index (χ0n) is 12.9. The Labute approximate surface area is 126 Å². The fourth-order valence-corrected chi connectivity index (χ4v) is 2.22. The molecule has 1 heterocycles. The van der Waals surface area contributed by atoms with Gasteiger partial charge in [-0.25, -0.2) is 0 Å². The second-order valence-corrected chi connectivity index (χ2v) is 5.66. The lowest BCUT2D eigenvalue weighted by Crippen LogP contribution is -2.26. The number of pyridine rings is 1. The van der Waals surface area contributed by atoms with Crippen LogP contribution in [0, 0.1) is 17.2 Å². The van der Waals surface area contributed by atoms with E-state index in [4.69, 9.17) is 4.74 Å². The normalized spacial score (nSPS) is 13.5. The Morgan fingerprint density at radius 2 is 1.81 bits per heavy atom. The van der Waals surface area contributed by atoms with E-state index in [0.29, 0.717) is 0 Å². The highest BCUT2D eigenvalue weighted by Crippen LogP contribution is 2.32. The minimum atomic E-state index is -0.467. The molecule has 1 aromatic heterocycles. The molecule has 0 aliphatic rings. The zero-order chi connectivity index (χ0) is 15.5. The van der Waals surface area contributed by atoms with Gasteiger partial charge in [-0.3, -0.25) is 4.98 Å². The van der Waals surface area contributed by atoms with Crippen molar-refractivity contribution in [2.24, 2.45) is 5.92 Å². The third kappa shape index (κ3) is 2.90. The molecule has 3 nitrogen and oxygen atoms in total. The van der Waals surface area contributed by atoms with Gasteiger partial charge in [0.1, 0.15) is 5.75 Å². The molecule has 0 radical (unpaired) electrons. The summed E-state index contributed by atoms with van der Waals surface area (Å²) in [4.78, 5) is 4.17. The summed E-state index contributed by atoms with van der Waals surface area (Å²) in [6.07, 6.45) is 3.49. The van der Waals surface area contributed by atoms with Gasteiger partial charge >= 0.3 is 0 Å². The predicted octanol–water partition coefficient (Wildman–Crippen LogP) is 4.19. The van der Waals surface area contributed by atoms with E-state index < -0.39 is 5.41 Å². The van der Waals surface area contributed by atoms with Crippen molar-refractivity contribution in [1.29, 1.82) is 5.26 Å². The van der Waals surface area contributed by atoms with Gasteiger partial charge < -0.3 is 4.74 Å². The molecule has 0 aliphatic carbocycles. The second kappa shape index (κ2) is 5.97. The van der Waals surface area contributed by atoms with E-state index in [0.717, 1.165) is 22.4 Å². The molecule has 0 aliphatic heterocycles. The number of hydrogen-bond acceptors (Lipinski definition) is 3. The Bertz CT molecular complexity index is 656. The van der Waals surface area contributed by atoms with Crippen LogP contribution in [0.15, 0.2) is 42.7 Å². The van der Waals surface area contributed by atoms with Crippen molar-refractivity contribution in [3.8, 4) is 22.9 Å². The Kier molecular flexibility index (Phi) is 4.28. The number of hydrogen-bond donors (Lipinski definition) is 0. The minimum Gasteiger partial charge on any atom is -0.495 e. The predicted molar refractivity (Wildman–Crippen MR) is 84.0 cm³/mol. The average Bonchev–Trinajstić information content (AvgIpc) is 2.54. The molecule has 0 N–H and O–H groups in total. The van der Waals surface area contributed by atoms with Crippen LogP contribution in [0.4, 0.5) is 0 Å². The van der Waals surface area contributed by atoms with E-state index in [1.807, 2.05) is 43.5 Å². The van der Waals surface area contributed by atoms with Gasteiger partial charge in [0.2, 0.25) is 0 Å². The molecule has 1 atom stereocenters. The number of benzene rings is 1. The van der Waals surface area contributed by atoms with E-state index in [1.165, 1.54) is 0 Å². The van der Waals surface area contributed by atoms with Gasteiger partial charge in [-0.1, -0.05) is 38.1 Å². The monoisotopic (exact) mass is 280 g/mol. The number of rotatable bonds is 4. The van der Waals surface area contributed by atoms with Crippen LogP contribution in [-0.4, -0.2) is 12.1 Å². The lowest BCUT2D eigenvalue weighted by molar-refractivity contribution is 0.413. The van der Waals surface area contributed by atoms with Crippen LogP contribution in [0.5, 0.6) is 5.75 Å². The fourth-order valence-electron chi connectivity index (χ4n) is 2.22. The molecule has 0 spiro atoms. The standard InChI is InChI=1S/C18H20N2O/c1-13(2)18(3,12-19)16-7-5-14(6-8-16)15-9-17(21-4)11-20-10-15/h5-11,13H,1-4H3/t18-/m0/s1. The molecule has 1 aromatic carbocycles. The Morgan fingerprint density at radius 1 is 1.14 bits per heavy atom. The van der Waals surface area contributed by atoms with Crippen molar-refractivity contribution < 1.29 is 4.74 Å². The van der Waals surface area contributed by atoms with Gasteiger partial charge in [-0.05, 0) is 30.0 Å². The van der Waals surface area contributed by atoms with Gasteiger partial charge in [0.05, 0.1) is 24.8 Å². The van der Waals surface area contributed by atoms with Crippen molar-refractivity contribution in [3.05, 3.63) is 48.3 Å². The fraction of sp³-hybridized carbons (Fsp3) is 0.333. The summed E-state index contributed by atoms with van der Waals surface area (Å²) in [6.45, 7) is 6.13. The van der Waals surface area contributed by atoms with Gasteiger partial charge in [-0.2, -0.15) is 5.26 Å². The molecule has 0 saturated heterocycles. The van der Waals surface area contributed by atoms with Crippen LogP contribution < -0.4 is 4.74 Å².